The van der Waals surface area contributed by atoms with E-state index in [1.165, 1.54) is 12.8 Å². The minimum Gasteiger partial charge on any atom is -0.396 e. The largest absolute Gasteiger partial charge is 0.396 e. The van der Waals surface area contributed by atoms with Gasteiger partial charge in [0.25, 0.3) is 0 Å². The number of halogens is 1. The normalized spacial score (nSPS) is 21.6. The molecule has 0 spiro atoms. The number of rotatable bonds is 4. The van der Waals surface area contributed by atoms with Gasteiger partial charge in [0, 0.05) is 19.7 Å². The smallest absolute Gasteiger partial charge is 0.147 e. The number of piperidine rings is 1. The number of aliphatic hydroxyl groups is 1. The van der Waals surface area contributed by atoms with Gasteiger partial charge in [0.05, 0.1) is 18.1 Å². The van der Waals surface area contributed by atoms with Crippen molar-refractivity contribution >= 4 is 11.6 Å². The molecule has 0 saturated carbocycles. The van der Waals surface area contributed by atoms with E-state index in [-0.39, 0.29) is 0 Å². The second kappa shape index (κ2) is 6.28. The van der Waals surface area contributed by atoms with Crippen LogP contribution in [-0.4, -0.2) is 39.7 Å². The van der Waals surface area contributed by atoms with Gasteiger partial charge in [-0.2, -0.15) is 0 Å². The minimum absolute atomic E-state index is 0.291. The Morgan fingerprint density at radius 3 is 3.00 bits per heavy atom. The highest BCUT2D eigenvalue weighted by Gasteiger charge is 2.19. The molecule has 1 fully saturated rings. The molecule has 1 N–H and O–H groups in total. The van der Waals surface area contributed by atoms with Crippen LogP contribution in [0.1, 0.15) is 25.0 Å². The number of nitrogens with zero attached hydrogens (tertiary/aromatic N) is 3. The van der Waals surface area contributed by atoms with Crippen molar-refractivity contribution in [3.8, 4) is 0 Å². The summed E-state index contributed by atoms with van der Waals surface area (Å²) >= 11 is 5.70. The minimum atomic E-state index is 0.291. The summed E-state index contributed by atoms with van der Waals surface area (Å²) in [5.74, 6) is 0.619. The zero-order valence-electron chi connectivity index (χ0n) is 9.85. The van der Waals surface area contributed by atoms with Crippen LogP contribution in [0.3, 0.4) is 0 Å². The van der Waals surface area contributed by atoms with Crippen LogP contribution < -0.4 is 0 Å². The van der Waals surface area contributed by atoms with Crippen molar-refractivity contribution in [2.75, 3.05) is 19.7 Å². The average molecular weight is 256 g/mol. The standard InChI is InChI=1S/C12H18ClN3O/c13-12-7-14-11(6-15-12)9-16-4-1-2-10(8-16)3-5-17/h6-7,10,17H,1-5,8-9H2. The van der Waals surface area contributed by atoms with Crippen LogP contribution in [0.4, 0.5) is 0 Å². The van der Waals surface area contributed by atoms with Gasteiger partial charge in [-0.25, -0.2) is 4.98 Å². The van der Waals surface area contributed by atoms with Gasteiger partial charge in [-0.05, 0) is 31.7 Å². The van der Waals surface area contributed by atoms with E-state index in [9.17, 15) is 0 Å². The molecule has 2 heterocycles. The number of aliphatic hydroxyl groups excluding tert-OH is 1. The second-order valence-electron chi connectivity index (χ2n) is 4.59. The summed E-state index contributed by atoms with van der Waals surface area (Å²) in [4.78, 5) is 10.7. The molecular formula is C12H18ClN3O. The number of hydrogen-bond acceptors (Lipinski definition) is 4. The van der Waals surface area contributed by atoms with Gasteiger partial charge in [0.15, 0.2) is 0 Å². The Labute approximate surface area is 107 Å². The van der Waals surface area contributed by atoms with Crippen LogP contribution >= 0.6 is 11.6 Å². The molecular weight excluding hydrogens is 238 g/mol. The highest BCUT2D eigenvalue weighted by Crippen LogP contribution is 2.20. The van der Waals surface area contributed by atoms with E-state index in [0.29, 0.717) is 17.7 Å². The molecule has 1 aromatic rings. The molecule has 1 aliphatic rings. The Balaban J connectivity index is 1.87. The first kappa shape index (κ1) is 12.7. The number of likely N-dealkylation sites (tertiary alicyclic amines) is 1. The maximum Gasteiger partial charge on any atom is 0.147 e. The molecule has 17 heavy (non-hydrogen) atoms. The third-order valence-corrected chi connectivity index (χ3v) is 3.40. The molecule has 4 nitrogen and oxygen atoms in total. The molecule has 0 radical (unpaired) electrons. The van der Waals surface area contributed by atoms with Crippen molar-refractivity contribution in [2.45, 2.75) is 25.8 Å². The average Bonchev–Trinajstić information content (AvgIpc) is 2.33. The second-order valence-corrected chi connectivity index (χ2v) is 4.97. The molecule has 1 aromatic heterocycles. The summed E-state index contributed by atoms with van der Waals surface area (Å²) in [5.41, 5.74) is 0.957. The molecule has 0 aliphatic carbocycles. The van der Waals surface area contributed by atoms with Crippen LogP contribution in [0.2, 0.25) is 5.15 Å². The van der Waals surface area contributed by atoms with E-state index in [4.69, 9.17) is 16.7 Å². The van der Waals surface area contributed by atoms with Crippen molar-refractivity contribution in [3.05, 3.63) is 23.2 Å². The number of hydrogen-bond donors (Lipinski definition) is 1. The van der Waals surface area contributed by atoms with E-state index in [1.54, 1.807) is 12.4 Å². The van der Waals surface area contributed by atoms with Gasteiger partial charge in [-0.3, -0.25) is 9.88 Å². The summed E-state index contributed by atoms with van der Waals surface area (Å²) in [6.07, 6.45) is 6.65. The highest BCUT2D eigenvalue weighted by molar-refractivity contribution is 6.29. The van der Waals surface area contributed by atoms with Gasteiger partial charge < -0.3 is 5.11 Å². The van der Waals surface area contributed by atoms with Crippen molar-refractivity contribution in [2.24, 2.45) is 5.92 Å². The summed E-state index contributed by atoms with van der Waals surface area (Å²) in [6.45, 7) is 3.27. The van der Waals surface area contributed by atoms with Crippen LogP contribution in [-0.2, 0) is 6.54 Å². The molecule has 1 aliphatic heterocycles. The third kappa shape index (κ3) is 3.91. The maximum atomic E-state index is 8.97. The molecule has 1 atom stereocenters. The van der Waals surface area contributed by atoms with E-state index < -0.39 is 0 Å². The van der Waals surface area contributed by atoms with Crippen LogP contribution in [0.5, 0.6) is 0 Å². The number of aromatic nitrogens is 2. The van der Waals surface area contributed by atoms with Crippen LogP contribution in [0, 0.1) is 5.92 Å². The van der Waals surface area contributed by atoms with Gasteiger partial charge in [-0.1, -0.05) is 11.6 Å². The first-order chi connectivity index (χ1) is 8.28. The first-order valence-electron chi connectivity index (χ1n) is 6.07. The molecule has 5 heteroatoms. The Kier molecular flexibility index (Phi) is 4.71. The van der Waals surface area contributed by atoms with E-state index in [0.717, 1.165) is 31.7 Å². The van der Waals surface area contributed by atoms with Gasteiger partial charge >= 0.3 is 0 Å². The first-order valence-corrected chi connectivity index (χ1v) is 6.45. The molecule has 0 aromatic carbocycles. The fourth-order valence-corrected chi connectivity index (χ4v) is 2.46. The molecule has 1 unspecified atom stereocenters. The molecule has 0 bridgehead atoms. The monoisotopic (exact) mass is 255 g/mol. The predicted molar refractivity (Wildman–Crippen MR) is 66.7 cm³/mol. The van der Waals surface area contributed by atoms with E-state index in [1.807, 2.05) is 0 Å². The van der Waals surface area contributed by atoms with Crippen molar-refractivity contribution in [1.29, 1.82) is 0 Å². The highest BCUT2D eigenvalue weighted by atomic mass is 35.5. The van der Waals surface area contributed by atoms with Gasteiger partial charge in [0.1, 0.15) is 5.15 Å². The zero-order chi connectivity index (χ0) is 12.1. The lowest BCUT2D eigenvalue weighted by Crippen LogP contribution is -2.35. The summed E-state index contributed by atoms with van der Waals surface area (Å²) in [7, 11) is 0. The maximum absolute atomic E-state index is 8.97. The van der Waals surface area contributed by atoms with Crippen molar-refractivity contribution < 1.29 is 5.11 Å². The lowest BCUT2D eigenvalue weighted by Gasteiger charge is -2.32. The molecule has 1 saturated heterocycles. The third-order valence-electron chi connectivity index (χ3n) is 3.20. The fourth-order valence-electron chi connectivity index (χ4n) is 2.36. The lowest BCUT2D eigenvalue weighted by molar-refractivity contribution is 0.141. The van der Waals surface area contributed by atoms with Gasteiger partial charge in [0.2, 0.25) is 0 Å². The Bertz CT molecular complexity index is 342. The topological polar surface area (TPSA) is 49.2 Å². The predicted octanol–water partition coefficient (Wildman–Crippen LogP) is 1.72. The Morgan fingerprint density at radius 1 is 1.41 bits per heavy atom. The summed E-state index contributed by atoms with van der Waals surface area (Å²) in [6, 6.07) is 0. The Morgan fingerprint density at radius 2 is 2.29 bits per heavy atom. The Hall–Kier alpha value is -0.710. The van der Waals surface area contributed by atoms with E-state index in [2.05, 4.69) is 14.9 Å². The van der Waals surface area contributed by atoms with E-state index >= 15 is 0 Å². The van der Waals surface area contributed by atoms with Crippen LogP contribution in [0.25, 0.3) is 0 Å². The molecule has 2 rings (SSSR count). The summed E-state index contributed by atoms with van der Waals surface area (Å²) in [5, 5.41) is 9.41. The molecule has 94 valence electrons. The molecule has 0 amide bonds. The summed E-state index contributed by atoms with van der Waals surface area (Å²) < 4.78 is 0. The van der Waals surface area contributed by atoms with Gasteiger partial charge in [-0.15, -0.1) is 0 Å². The lowest BCUT2D eigenvalue weighted by atomic mass is 9.95. The zero-order valence-corrected chi connectivity index (χ0v) is 10.6. The fraction of sp³-hybridized carbons (Fsp3) is 0.667. The SMILES string of the molecule is OCCC1CCCN(Cc2cnc(Cl)cn2)C1. The van der Waals surface area contributed by atoms with Crippen molar-refractivity contribution in [3.63, 3.8) is 0 Å². The quantitative estimate of drug-likeness (QED) is 0.890. The van der Waals surface area contributed by atoms with Crippen molar-refractivity contribution in [1.82, 2.24) is 14.9 Å². The van der Waals surface area contributed by atoms with Crippen LogP contribution in [0.15, 0.2) is 12.4 Å².